The lowest BCUT2D eigenvalue weighted by Gasteiger charge is -2.24. The number of thiophene rings is 1. The SMILES string of the molecule is CC(NS(=O)(=O)c1cccs1)C(=O)N1CC[C@@H]2CNC[C@@H]2CC1. The molecule has 2 saturated heterocycles. The van der Waals surface area contributed by atoms with Gasteiger partial charge in [-0.15, -0.1) is 11.3 Å². The molecule has 0 saturated carbocycles. The van der Waals surface area contributed by atoms with Gasteiger partial charge < -0.3 is 10.2 Å². The summed E-state index contributed by atoms with van der Waals surface area (Å²) in [5.74, 6) is 1.16. The van der Waals surface area contributed by atoms with Crippen LogP contribution in [0, 0.1) is 11.8 Å². The lowest BCUT2D eigenvalue weighted by molar-refractivity contribution is -0.132. The van der Waals surface area contributed by atoms with E-state index in [1.54, 1.807) is 24.4 Å². The molecule has 3 atom stereocenters. The van der Waals surface area contributed by atoms with Gasteiger partial charge >= 0.3 is 0 Å². The second-order valence-corrected chi connectivity index (χ2v) is 9.24. The van der Waals surface area contributed by atoms with Crippen molar-refractivity contribution in [3.05, 3.63) is 17.5 Å². The maximum Gasteiger partial charge on any atom is 0.250 e. The fourth-order valence-electron chi connectivity index (χ4n) is 3.47. The van der Waals surface area contributed by atoms with Crippen LogP contribution in [0.4, 0.5) is 0 Å². The number of likely N-dealkylation sites (tertiary alicyclic amines) is 1. The third-order valence-electron chi connectivity index (χ3n) is 4.79. The van der Waals surface area contributed by atoms with Gasteiger partial charge in [0.2, 0.25) is 5.91 Å². The Bertz CT molecular complexity index is 631. The molecule has 0 aliphatic carbocycles. The van der Waals surface area contributed by atoms with Gasteiger partial charge in [-0.25, -0.2) is 8.42 Å². The van der Waals surface area contributed by atoms with Gasteiger partial charge in [0.25, 0.3) is 10.0 Å². The molecule has 1 aromatic rings. The molecule has 2 N–H and O–H groups in total. The quantitative estimate of drug-likeness (QED) is 0.838. The fourth-order valence-corrected chi connectivity index (χ4v) is 5.68. The first-order valence-corrected chi connectivity index (χ1v) is 10.4. The van der Waals surface area contributed by atoms with Crippen LogP contribution in [0.1, 0.15) is 19.8 Å². The van der Waals surface area contributed by atoms with E-state index in [1.807, 2.05) is 4.90 Å². The molecule has 2 fully saturated rings. The number of amides is 1. The van der Waals surface area contributed by atoms with Crippen molar-refractivity contribution in [2.24, 2.45) is 11.8 Å². The molecule has 3 rings (SSSR count). The highest BCUT2D eigenvalue weighted by atomic mass is 32.2. The van der Waals surface area contributed by atoms with Crippen LogP contribution in [-0.2, 0) is 14.8 Å². The average Bonchev–Trinajstić information content (AvgIpc) is 3.15. The van der Waals surface area contributed by atoms with E-state index in [2.05, 4.69) is 10.0 Å². The van der Waals surface area contributed by atoms with Crippen LogP contribution in [0.5, 0.6) is 0 Å². The first-order chi connectivity index (χ1) is 11.0. The second-order valence-electron chi connectivity index (χ2n) is 6.36. The zero-order valence-electron chi connectivity index (χ0n) is 13.2. The van der Waals surface area contributed by atoms with Gasteiger partial charge in [-0.05, 0) is 56.1 Å². The first kappa shape index (κ1) is 16.9. The molecule has 0 aromatic carbocycles. The molecule has 0 bridgehead atoms. The van der Waals surface area contributed by atoms with E-state index in [0.29, 0.717) is 24.9 Å². The Morgan fingerprint density at radius 3 is 2.57 bits per heavy atom. The Morgan fingerprint density at radius 1 is 1.35 bits per heavy atom. The Hall–Kier alpha value is -0.960. The summed E-state index contributed by atoms with van der Waals surface area (Å²) >= 11 is 1.15. The van der Waals surface area contributed by atoms with Crippen molar-refractivity contribution in [2.45, 2.75) is 30.0 Å². The zero-order valence-corrected chi connectivity index (χ0v) is 14.8. The van der Waals surface area contributed by atoms with E-state index in [9.17, 15) is 13.2 Å². The number of carbonyl (C=O) groups excluding carboxylic acids is 1. The van der Waals surface area contributed by atoms with Gasteiger partial charge in [-0.3, -0.25) is 4.79 Å². The molecule has 0 radical (unpaired) electrons. The number of hydrogen-bond acceptors (Lipinski definition) is 5. The number of hydrogen-bond donors (Lipinski definition) is 2. The van der Waals surface area contributed by atoms with Crippen LogP contribution in [0.3, 0.4) is 0 Å². The second kappa shape index (κ2) is 6.88. The molecule has 1 amide bonds. The largest absolute Gasteiger partial charge is 0.341 e. The smallest absolute Gasteiger partial charge is 0.250 e. The number of fused-ring (bicyclic) bond motifs is 1. The van der Waals surface area contributed by atoms with E-state index >= 15 is 0 Å². The molecule has 23 heavy (non-hydrogen) atoms. The maximum absolute atomic E-state index is 12.6. The number of carbonyl (C=O) groups is 1. The van der Waals surface area contributed by atoms with Crippen LogP contribution < -0.4 is 10.0 Å². The number of sulfonamides is 1. The standard InChI is InChI=1S/C15H23N3O3S2/c1-11(17-23(20,21)14-3-2-8-22-14)15(19)18-6-4-12-9-16-10-13(12)5-7-18/h2-3,8,11-13,16-17H,4-7,9-10H2,1H3/t11?,12-,13+. The summed E-state index contributed by atoms with van der Waals surface area (Å²) in [4.78, 5) is 14.4. The summed E-state index contributed by atoms with van der Waals surface area (Å²) in [7, 11) is -3.61. The Labute approximate surface area is 141 Å². The monoisotopic (exact) mass is 357 g/mol. The zero-order chi connectivity index (χ0) is 16.4. The highest BCUT2D eigenvalue weighted by Gasteiger charge is 2.33. The molecule has 3 heterocycles. The van der Waals surface area contributed by atoms with Gasteiger partial charge in [-0.2, -0.15) is 4.72 Å². The molecule has 1 unspecified atom stereocenters. The van der Waals surface area contributed by atoms with E-state index in [0.717, 1.165) is 37.3 Å². The number of rotatable bonds is 4. The summed E-state index contributed by atoms with van der Waals surface area (Å²) in [6, 6.07) is 2.50. The lowest BCUT2D eigenvalue weighted by Crippen LogP contribution is -2.47. The van der Waals surface area contributed by atoms with Crippen LogP contribution >= 0.6 is 11.3 Å². The van der Waals surface area contributed by atoms with Crippen molar-refractivity contribution in [2.75, 3.05) is 26.2 Å². The predicted octanol–water partition coefficient (Wildman–Crippen LogP) is 0.873. The molecule has 0 spiro atoms. The van der Waals surface area contributed by atoms with Crippen molar-refractivity contribution in [3.63, 3.8) is 0 Å². The minimum Gasteiger partial charge on any atom is -0.341 e. The fraction of sp³-hybridized carbons (Fsp3) is 0.667. The Morgan fingerprint density at radius 2 is 2.00 bits per heavy atom. The van der Waals surface area contributed by atoms with Crippen molar-refractivity contribution in [1.29, 1.82) is 0 Å². The van der Waals surface area contributed by atoms with Gasteiger partial charge in [0.1, 0.15) is 4.21 Å². The summed E-state index contributed by atoms with van der Waals surface area (Å²) in [5.41, 5.74) is 0. The molecule has 6 nitrogen and oxygen atoms in total. The third-order valence-corrected chi connectivity index (χ3v) is 7.73. The van der Waals surface area contributed by atoms with E-state index in [-0.39, 0.29) is 10.1 Å². The summed E-state index contributed by atoms with van der Waals surface area (Å²) < 4.78 is 27.2. The topological polar surface area (TPSA) is 78.5 Å². The molecular weight excluding hydrogens is 334 g/mol. The van der Waals surface area contributed by atoms with E-state index < -0.39 is 16.1 Å². The third kappa shape index (κ3) is 3.76. The van der Waals surface area contributed by atoms with E-state index in [4.69, 9.17) is 0 Å². The number of nitrogens with zero attached hydrogens (tertiary/aromatic N) is 1. The highest BCUT2D eigenvalue weighted by molar-refractivity contribution is 7.91. The summed E-state index contributed by atoms with van der Waals surface area (Å²) in [5, 5.41) is 5.12. The summed E-state index contributed by atoms with van der Waals surface area (Å²) in [6.45, 7) is 5.13. The minimum absolute atomic E-state index is 0.127. The van der Waals surface area contributed by atoms with Crippen LogP contribution in [0.2, 0.25) is 0 Å². The Balaban J connectivity index is 1.61. The average molecular weight is 358 g/mol. The molecular formula is C15H23N3O3S2. The van der Waals surface area contributed by atoms with Gasteiger partial charge in [0, 0.05) is 13.1 Å². The van der Waals surface area contributed by atoms with Gasteiger partial charge in [0.05, 0.1) is 6.04 Å². The molecule has 2 aliphatic heterocycles. The molecule has 128 valence electrons. The molecule has 8 heteroatoms. The minimum atomic E-state index is -3.61. The maximum atomic E-state index is 12.6. The normalized spacial score (nSPS) is 26.6. The van der Waals surface area contributed by atoms with Crippen LogP contribution in [-0.4, -0.2) is 51.4 Å². The lowest BCUT2D eigenvalue weighted by atomic mass is 9.92. The van der Waals surface area contributed by atoms with Crippen molar-refractivity contribution < 1.29 is 13.2 Å². The number of nitrogens with one attached hydrogen (secondary N) is 2. The van der Waals surface area contributed by atoms with Crippen molar-refractivity contribution in [3.8, 4) is 0 Å². The molecule has 2 aliphatic rings. The summed E-state index contributed by atoms with van der Waals surface area (Å²) in [6.07, 6.45) is 1.99. The van der Waals surface area contributed by atoms with Crippen molar-refractivity contribution in [1.82, 2.24) is 14.9 Å². The Kier molecular flexibility index (Phi) is 5.05. The predicted molar refractivity (Wildman–Crippen MR) is 89.8 cm³/mol. The van der Waals surface area contributed by atoms with Crippen LogP contribution in [0.15, 0.2) is 21.7 Å². The van der Waals surface area contributed by atoms with Gasteiger partial charge in [-0.1, -0.05) is 6.07 Å². The van der Waals surface area contributed by atoms with Crippen LogP contribution in [0.25, 0.3) is 0 Å². The highest BCUT2D eigenvalue weighted by Crippen LogP contribution is 2.27. The molecule has 1 aromatic heterocycles. The van der Waals surface area contributed by atoms with Crippen molar-refractivity contribution >= 4 is 27.3 Å². The van der Waals surface area contributed by atoms with Gasteiger partial charge in [0.15, 0.2) is 0 Å². The first-order valence-electron chi connectivity index (χ1n) is 8.03. The van der Waals surface area contributed by atoms with E-state index in [1.165, 1.54) is 0 Å².